The number of carbonyl (C=O) groups excluding carboxylic acids is 1. The van der Waals surface area contributed by atoms with Crippen LogP contribution in [0, 0.1) is 0 Å². The second-order valence-electron chi connectivity index (χ2n) is 3.26. The Morgan fingerprint density at radius 2 is 2.38 bits per heavy atom. The molecule has 88 valence electrons. The van der Waals surface area contributed by atoms with E-state index in [1.807, 2.05) is 0 Å². The summed E-state index contributed by atoms with van der Waals surface area (Å²) in [5.41, 5.74) is 5.64. The number of anilines is 1. The number of carbonyl (C=O) groups is 1. The molecule has 0 radical (unpaired) electrons. The normalized spacial score (nSPS) is 19.3. The van der Waals surface area contributed by atoms with Crippen LogP contribution in [0.4, 0.5) is 5.82 Å². The van der Waals surface area contributed by atoms with Gasteiger partial charge in [-0.1, -0.05) is 0 Å². The SMILES string of the molecule is CN1C(=O)C(N)COc2c(Br)ccnc21.Cl. The van der Waals surface area contributed by atoms with Crippen LogP contribution in [0.15, 0.2) is 16.7 Å². The minimum atomic E-state index is -0.643. The van der Waals surface area contributed by atoms with Gasteiger partial charge in [-0.05, 0) is 22.0 Å². The summed E-state index contributed by atoms with van der Waals surface area (Å²) in [7, 11) is 1.63. The zero-order chi connectivity index (χ0) is 11.0. The topological polar surface area (TPSA) is 68.5 Å². The molecule has 0 spiro atoms. The van der Waals surface area contributed by atoms with Crippen molar-refractivity contribution in [2.45, 2.75) is 6.04 Å². The van der Waals surface area contributed by atoms with Crippen LogP contribution < -0.4 is 15.4 Å². The highest BCUT2D eigenvalue weighted by molar-refractivity contribution is 9.10. The number of rotatable bonds is 0. The first-order chi connectivity index (χ1) is 7.11. The smallest absolute Gasteiger partial charge is 0.248 e. The van der Waals surface area contributed by atoms with Gasteiger partial charge >= 0.3 is 0 Å². The molecule has 7 heteroatoms. The van der Waals surface area contributed by atoms with Crippen molar-refractivity contribution in [1.29, 1.82) is 0 Å². The highest BCUT2D eigenvalue weighted by Crippen LogP contribution is 2.34. The first-order valence-electron chi connectivity index (χ1n) is 4.41. The second-order valence-corrected chi connectivity index (χ2v) is 4.11. The zero-order valence-corrected chi connectivity index (χ0v) is 10.9. The van der Waals surface area contributed by atoms with Gasteiger partial charge in [0.25, 0.3) is 0 Å². The third-order valence-corrected chi connectivity index (χ3v) is 2.83. The predicted molar refractivity (Wildman–Crippen MR) is 66.1 cm³/mol. The number of aromatic nitrogens is 1. The number of nitrogens with two attached hydrogens (primary N) is 1. The van der Waals surface area contributed by atoms with E-state index >= 15 is 0 Å². The molecule has 1 aromatic rings. The van der Waals surface area contributed by atoms with Crippen molar-refractivity contribution in [3.63, 3.8) is 0 Å². The Balaban J connectivity index is 0.00000128. The van der Waals surface area contributed by atoms with Gasteiger partial charge in [-0.25, -0.2) is 4.98 Å². The molecule has 1 amide bonds. The van der Waals surface area contributed by atoms with Gasteiger partial charge in [-0.15, -0.1) is 12.4 Å². The van der Waals surface area contributed by atoms with Crippen LogP contribution in [0.1, 0.15) is 0 Å². The number of amides is 1. The Kier molecular flexibility index (Phi) is 4.12. The average molecular weight is 309 g/mol. The number of fused-ring (bicyclic) bond motifs is 1. The molecule has 2 N–H and O–H groups in total. The van der Waals surface area contributed by atoms with E-state index in [1.54, 1.807) is 19.3 Å². The standard InChI is InChI=1S/C9H10BrN3O2.ClH/c1-13-8-7(5(10)2-3-12-8)15-4-6(11)9(13)14;/h2-3,6H,4,11H2,1H3;1H. The number of pyridine rings is 1. The van der Waals surface area contributed by atoms with Crippen LogP contribution in [-0.4, -0.2) is 30.6 Å². The summed E-state index contributed by atoms with van der Waals surface area (Å²) in [6, 6.07) is 1.12. The summed E-state index contributed by atoms with van der Waals surface area (Å²) in [6.45, 7) is 0.167. The van der Waals surface area contributed by atoms with E-state index in [2.05, 4.69) is 20.9 Å². The van der Waals surface area contributed by atoms with Crippen molar-refractivity contribution in [3.05, 3.63) is 16.7 Å². The highest BCUT2D eigenvalue weighted by atomic mass is 79.9. The van der Waals surface area contributed by atoms with Crippen molar-refractivity contribution < 1.29 is 9.53 Å². The minimum absolute atomic E-state index is 0. The van der Waals surface area contributed by atoms with Gasteiger partial charge in [0, 0.05) is 13.2 Å². The molecular formula is C9H11BrClN3O2. The Bertz CT molecular complexity index is 416. The lowest BCUT2D eigenvalue weighted by Gasteiger charge is -2.16. The Morgan fingerprint density at radius 1 is 1.69 bits per heavy atom. The number of nitrogens with zero attached hydrogens (tertiary/aromatic N) is 2. The van der Waals surface area contributed by atoms with Crippen molar-refractivity contribution in [2.24, 2.45) is 5.73 Å². The fourth-order valence-corrected chi connectivity index (χ4v) is 1.79. The molecule has 5 nitrogen and oxygen atoms in total. The fraction of sp³-hybridized carbons (Fsp3) is 0.333. The lowest BCUT2D eigenvalue weighted by molar-refractivity contribution is -0.119. The number of halogens is 2. The van der Waals surface area contributed by atoms with Crippen molar-refractivity contribution in [2.75, 3.05) is 18.6 Å². The third kappa shape index (κ3) is 2.14. The lowest BCUT2D eigenvalue weighted by atomic mass is 10.3. The number of likely N-dealkylation sites (N-methyl/N-ethyl adjacent to an activating group) is 1. The molecule has 16 heavy (non-hydrogen) atoms. The van der Waals surface area contributed by atoms with E-state index in [1.165, 1.54) is 4.90 Å². The van der Waals surface area contributed by atoms with Crippen LogP contribution in [0.2, 0.25) is 0 Å². The molecule has 0 saturated heterocycles. The molecule has 0 bridgehead atoms. The van der Waals surface area contributed by atoms with Crippen molar-refractivity contribution in [1.82, 2.24) is 4.98 Å². The van der Waals surface area contributed by atoms with Crippen LogP contribution >= 0.6 is 28.3 Å². The second kappa shape index (κ2) is 4.99. The van der Waals surface area contributed by atoms with Crippen LogP contribution in [0.25, 0.3) is 0 Å². The Labute approximate surface area is 108 Å². The number of hydrogen-bond donors (Lipinski definition) is 1. The summed E-state index contributed by atoms with van der Waals surface area (Å²) in [5.74, 6) is 0.850. The average Bonchev–Trinajstić information content (AvgIpc) is 2.33. The minimum Gasteiger partial charge on any atom is -0.486 e. The lowest BCUT2D eigenvalue weighted by Crippen LogP contribution is -2.43. The van der Waals surface area contributed by atoms with E-state index in [0.717, 1.165) is 4.47 Å². The van der Waals surface area contributed by atoms with Crippen molar-refractivity contribution in [3.8, 4) is 5.75 Å². The van der Waals surface area contributed by atoms with Gasteiger partial charge in [-0.2, -0.15) is 0 Å². The Morgan fingerprint density at radius 3 is 3.06 bits per heavy atom. The van der Waals surface area contributed by atoms with E-state index in [9.17, 15) is 4.79 Å². The summed E-state index contributed by atoms with van der Waals surface area (Å²) in [5, 5.41) is 0. The monoisotopic (exact) mass is 307 g/mol. The molecule has 1 atom stereocenters. The predicted octanol–water partition coefficient (Wildman–Crippen LogP) is 0.948. The highest BCUT2D eigenvalue weighted by Gasteiger charge is 2.28. The number of hydrogen-bond acceptors (Lipinski definition) is 4. The van der Waals surface area contributed by atoms with Crippen molar-refractivity contribution >= 4 is 40.1 Å². The molecule has 1 aliphatic rings. The molecule has 2 heterocycles. The molecular weight excluding hydrogens is 297 g/mol. The molecule has 1 aliphatic heterocycles. The summed E-state index contributed by atoms with van der Waals surface area (Å²) >= 11 is 3.34. The molecule has 0 aliphatic carbocycles. The van der Waals surface area contributed by atoms with Crippen LogP contribution in [-0.2, 0) is 4.79 Å². The maximum atomic E-state index is 11.7. The van der Waals surface area contributed by atoms with E-state index in [4.69, 9.17) is 10.5 Å². The maximum absolute atomic E-state index is 11.7. The molecule has 0 fully saturated rings. The first-order valence-corrected chi connectivity index (χ1v) is 5.21. The van der Waals surface area contributed by atoms with Gasteiger partial charge in [0.1, 0.15) is 12.6 Å². The number of ether oxygens (including phenoxy) is 1. The fourth-order valence-electron chi connectivity index (χ4n) is 1.38. The molecule has 0 aromatic carbocycles. The summed E-state index contributed by atoms with van der Waals surface area (Å²) < 4.78 is 6.20. The molecule has 0 saturated carbocycles. The summed E-state index contributed by atoms with van der Waals surface area (Å²) in [4.78, 5) is 17.2. The van der Waals surface area contributed by atoms with Gasteiger partial charge in [0.15, 0.2) is 11.6 Å². The van der Waals surface area contributed by atoms with E-state index in [-0.39, 0.29) is 24.9 Å². The largest absolute Gasteiger partial charge is 0.486 e. The molecule has 2 rings (SSSR count). The Hall–Kier alpha value is -0.850. The van der Waals surface area contributed by atoms with Gasteiger partial charge in [0.05, 0.1) is 4.47 Å². The zero-order valence-electron chi connectivity index (χ0n) is 8.51. The van der Waals surface area contributed by atoms with E-state index in [0.29, 0.717) is 11.6 Å². The quantitative estimate of drug-likeness (QED) is 0.775. The van der Waals surface area contributed by atoms with Crippen LogP contribution in [0.5, 0.6) is 5.75 Å². The third-order valence-electron chi connectivity index (χ3n) is 2.21. The van der Waals surface area contributed by atoms with Gasteiger partial charge in [0.2, 0.25) is 5.91 Å². The molecule has 1 aromatic heterocycles. The van der Waals surface area contributed by atoms with Gasteiger partial charge < -0.3 is 10.5 Å². The van der Waals surface area contributed by atoms with Crippen LogP contribution in [0.3, 0.4) is 0 Å². The summed E-state index contributed by atoms with van der Waals surface area (Å²) in [6.07, 6.45) is 1.60. The molecule has 1 unspecified atom stereocenters. The van der Waals surface area contributed by atoms with Gasteiger partial charge in [-0.3, -0.25) is 9.69 Å². The maximum Gasteiger partial charge on any atom is 0.248 e. The first kappa shape index (κ1) is 13.2. The van der Waals surface area contributed by atoms with E-state index < -0.39 is 6.04 Å².